The number of hydrogen-bond acceptors (Lipinski definition) is 3. The summed E-state index contributed by atoms with van der Waals surface area (Å²) in [7, 11) is -4.43. The molecule has 2 aromatic rings. The molecule has 1 aliphatic heterocycles. The lowest BCUT2D eigenvalue weighted by molar-refractivity contribution is -0.434. The maximum Gasteiger partial charge on any atom is 0.210 e. The van der Waals surface area contributed by atoms with E-state index in [4.69, 9.17) is 0 Å². The van der Waals surface area contributed by atoms with E-state index in [2.05, 4.69) is 32.3 Å². The molecule has 2 aromatic carbocycles. The van der Waals surface area contributed by atoms with Crippen molar-refractivity contribution < 1.29 is 17.5 Å². The van der Waals surface area contributed by atoms with E-state index in [1.165, 1.54) is 23.4 Å². The van der Waals surface area contributed by atoms with Gasteiger partial charge in [0.2, 0.25) is 5.69 Å². The van der Waals surface area contributed by atoms with Crippen molar-refractivity contribution in [3.8, 4) is 0 Å². The van der Waals surface area contributed by atoms with Crippen molar-refractivity contribution in [1.82, 2.24) is 0 Å². The molecule has 0 unspecified atom stereocenters. The summed E-state index contributed by atoms with van der Waals surface area (Å²) in [6.45, 7) is 9.49. The minimum absolute atomic E-state index is 0.122. The Balaban J connectivity index is 2.36. The third-order valence-corrected chi connectivity index (χ3v) is 5.63. The maximum atomic E-state index is 11.2. The fraction of sp³-hybridized carbons (Fsp3) is 0.353. The van der Waals surface area contributed by atoms with Gasteiger partial charge in [-0.25, -0.2) is 8.42 Å². The molecule has 3 rings (SSSR count). The first kappa shape index (κ1) is 15.2. The van der Waals surface area contributed by atoms with Gasteiger partial charge < -0.3 is 4.55 Å². The Morgan fingerprint density at radius 3 is 2.45 bits per heavy atom. The zero-order chi connectivity index (χ0) is 16.3. The van der Waals surface area contributed by atoms with Gasteiger partial charge in [-0.3, -0.25) is 0 Å². The van der Waals surface area contributed by atoms with Crippen LogP contribution in [-0.2, 0) is 15.5 Å². The normalized spacial score (nSPS) is 17.1. The van der Waals surface area contributed by atoms with E-state index in [1.807, 2.05) is 12.1 Å². The molecule has 0 aromatic heterocycles. The van der Waals surface area contributed by atoms with E-state index in [-0.39, 0.29) is 10.3 Å². The van der Waals surface area contributed by atoms with Crippen LogP contribution in [0.3, 0.4) is 0 Å². The molecule has 0 atom stereocenters. The largest absolute Gasteiger partial charge is 0.744 e. The van der Waals surface area contributed by atoms with Crippen LogP contribution in [0, 0.1) is 0 Å². The van der Waals surface area contributed by atoms with Gasteiger partial charge in [0.25, 0.3) is 0 Å². The summed E-state index contributed by atoms with van der Waals surface area (Å²) < 4.78 is 35.9. The Morgan fingerprint density at radius 2 is 1.86 bits per heavy atom. The van der Waals surface area contributed by atoms with Gasteiger partial charge in [0, 0.05) is 18.6 Å². The Hall–Kier alpha value is -1.72. The SMILES string of the molecule is CC[N+]1=C(C)C(C)(C)c2c1ccc1cc(S(=O)(=O)[O-])ccc21. The first-order chi connectivity index (χ1) is 10.2. The summed E-state index contributed by atoms with van der Waals surface area (Å²) >= 11 is 0. The highest BCUT2D eigenvalue weighted by molar-refractivity contribution is 7.85. The van der Waals surface area contributed by atoms with Gasteiger partial charge in [0.15, 0.2) is 5.71 Å². The van der Waals surface area contributed by atoms with Gasteiger partial charge in [-0.05, 0) is 49.7 Å². The molecule has 0 N–H and O–H groups in total. The second kappa shape index (κ2) is 4.64. The highest BCUT2D eigenvalue weighted by Gasteiger charge is 2.43. The fourth-order valence-corrected chi connectivity index (χ4v) is 3.95. The summed E-state index contributed by atoms with van der Waals surface area (Å²) in [5, 5.41) is 1.79. The molecule has 4 nitrogen and oxygen atoms in total. The standard InChI is InChI=1S/C17H19NO3S/c1-5-18-11(2)17(3,4)16-14-8-7-13(22(19,20)21)10-12(14)6-9-15(16)18/h6-10H,5H2,1-4H3. The quantitative estimate of drug-likeness (QED) is 0.631. The number of fused-ring (bicyclic) bond motifs is 3. The lowest BCUT2D eigenvalue weighted by Gasteiger charge is -2.18. The smallest absolute Gasteiger partial charge is 0.210 e. The lowest BCUT2D eigenvalue weighted by Crippen LogP contribution is -2.26. The van der Waals surface area contributed by atoms with Crippen molar-refractivity contribution in [3.63, 3.8) is 0 Å². The second-order valence-corrected chi connectivity index (χ2v) is 7.63. The molecular formula is C17H19NO3S. The minimum atomic E-state index is -4.43. The number of hydrogen-bond donors (Lipinski definition) is 0. The molecule has 0 saturated heterocycles. The summed E-state index contributed by atoms with van der Waals surface area (Å²) in [5.41, 5.74) is 3.51. The monoisotopic (exact) mass is 317 g/mol. The Bertz CT molecular complexity index is 924. The molecule has 0 radical (unpaired) electrons. The van der Waals surface area contributed by atoms with Crippen LogP contribution < -0.4 is 0 Å². The predicted molar refractivity (Wildman–Crippen MR) is 86.1 cm³/mol. The molecular weight excluding hydrogens is 298 g/mol. The first-order valence-electron chi connectivity index (χ1n) is 7.32. The highest BCUT2D eigenvalue weighted by Crippen LogP contribution is 2.43. The van der Waals surface area contributed by atoms with Crippen LogP contribution in [0.1, 0.15) is 33.3 Å². The Kier molecular flexibility index (Phi) is 3.20. The van der Waals surface area contributed by atoms with Crippen molar-refractivity contribution in [2.75, 3.05) is 6.54 Å². The zero-order valence-corrected chi connectivity index (χ0v) is 14.0. The van der Waals surface area contributed by atoms with Gasteiger partial charge in [0.1, 0.15) is 16.7 Å². The van der Waals surface area contributed by atoms with E-state index in [9.17, 15) is 13.0 Å². The molecule has 5 heteroatoms. The van der Waals surface area contributed by atoms with Gasteiger partial charge >= 0.3 is 0 Å². The summed E-state index contributed by atoms with van der Waals surface area (Å²) in [6, 6.07) is 8.54. The lowest BCUT2D eigenvalue weighted by atomic mass is 9.80. The topological polar surface area (TPSA) is 60.2 Å². The van der Waals surface area contributed by atoms with Crippen LogP contribution in [-0.4, -0.2) is 29.8 Å². The van der Waals surface area contributed by atoms with E-state index in [1.54, 1.807) is 6.07 Å². The van der Waals surface area contributed by atoms with E-state index < -0.39 is 10.1 Å². The van der Waals surface area contributed by atoms with Crippen molar-refractivity contribution in [3.05, 3.63) is 35.9 Å². The van der Waals surface area contributed by atoms with E-state index in [0.29, 0.717) is 0 Å². The van der Waals surface area contributed by atoms with Crippen molar-refractivity contribution in [2.45, 2.75) is 38.0 Å². The van der Waals surface area contributed by atoms with Gasteiger partial charge in [-0.15, -0.1) is 0 Å². The number of nitrogens with zero attached hydrogens (tertiary/aromatic N) is 1. The summed E-state index contributed by atoms with van der Waals surface area (Å²) in [5.74, 6) is 0. The van der Waals surface area contributed by atoms with Crippen molar-refractivity contribution in [2.24, 2.45) is 0 Å². The van der Waals surface area contributed by atoms with Crippen LogP contribution in [0.2, 0.25) is 0 Å². The Morgan fingerprint density at radius 1 is 1.18 bits per heavy atom. The maximum absolute atomic E-state index is 11.2. The van der Waals surface area contributed by atoms with Crippen molar-refractivity contribution >= 4 is 32.3 Å². The second-order valence-electron chi connectivity index (χ2n) is 6.25. The molecule has 0 fully saturated rings. The molecule has 1 aliphatic rings. The predicted octanol–water partition coefficient (Wildman–Crippen LogP) is 3.16. The average molecular weight is 317 g/mol. The molecule has 0 amide bonds. The highest BCUT2D eigenvalue weighted by atomic mass is 32.2. The van der Waals surface area contributed by atoms with Gasteiger partial charge in [-0.2, -0.15) is 4.58 Å². The van der Waals surface area contributed by atoms with E-state index >= 15 is 0 Å². The molecule has 0 spiro atoms. The molecule has 0 aliphatic carbocycles. The van der Waals surface area contributed by atoms with Crippen LogP contribution >= 0.6 is 0 Å². The summed E-state index contributed by atoms with van der Waals surface area (Å²) in [4.78, 5) is -0.177. The third kappa shape index (κ3) is 2.00. The van der Waals surface area contributed by atoms with Gasteiger partial charge in [-0.1, -0.05) is 6.07 Å². The molecule has 0 saturated carbocycles. The molecule has 116 valence electrons. The first-order valence-corrected chi connectivity index (χ1v) is 8.73. The van der Waals surface area contributed by atoms with E-state index in [0.717, 1.165) is 23.0 Å². The number of rotatable bonds is 2. The minimum Gasteiger partial charge on any atom is -0.744 e. The average Bonchev–Trinajstić information content (AvgIpc) is 2.64. The van der Waals surface area contributed by atoms with Crippen LogP contribution in [0.25, 0.3) is 10.8 Å². The number of benzene rings is 2. The third-order valence-electron chi connectivity index (χ3n) is 4.80. The molecule has 1 heterocycles. The van der Waals surface area contributed by atoms with Crippen LogP contribution in [0.15, 0.2) is 35.2 Å². The van der Waals surface area contributed by atoms with Crippen LogP contribution in [0.5, 0.6) is 0 Å². The molecule has 0 bridgehead atoms. The van der Waals surface area contributed by atoms with Crippen LogP contribution in [0.4, 0.5) is 5.69 Å². The zero-order valence-electron chi connectivity index (χ0n) is 13.2. The summed E-state index contributed by atoms with van der Waals surface area (Å²) in [6.07, 6.45) is 0. The van der Waals surface area contributed by atoms with Crippen molar-refractivity contribution in [1.29, 1.82) is 0 Å². The Labute approximate surface area is 130 Å². The van der Waals surface area contributed by atoms with Gasteiger partial charge in [0.05, 0.1) is 10.3 Å². The molecule has 22 heavy (non-hydrogen) atoms. The fourth-order valence-electron chi connectivity index (χ4n) is 3.44.